The van der Waals surface area contributed by atoms with Gasteiger partial charge in [0.15, 0.2) is 6.61 Å². The van der Waals surface area contributed by atoms with Crippen LogP contribution in [0.2, 0.25) is 0 Å². The highest BCUT2D eigenvalue weighted by Gasteiger charge is 2.13. The predicted molar refractivity (Wildman–Crippen MR) is 106 cm³/mol. The molecule has 2 N–H and O–H groups in total. The monoisotopic (exact) mass is 384 g/mol. The number of carbonyl (C=O) groups is 3. The molecule has 0 aliphatic carbocycles. The number of nitrogens with one attached hydrogen (secondary N) is 2. The van der Waals surface area contributed by atoms with E-state index in [1.54, 1.807) is 30.3 Å². The molecular formula is C21H24N2O5. The predicted octanol–water partition coefficient (Wildman–Crippen LogP) is 3.21. The second kappa shape index (κ2) is 10.1. The van der Waals surface area contributed by atoms with E-state index in [2.05, 4.69) is 10.6 Å². The van der Waals surface area contributed by atoms with E-state index in [9.17, 15) is 14.4 Å². The molecular weight excluding hydrogens is 360 g/mol. The normalized spacial score (nSPS) is 10.1. The van der Waals surface area contributed by atoms with E-state index in [1.807, 2.05) is 26.0 Å². The molecule has 0 aliphatic heterocycles. The van der Waals surface area contributed by atoms with Gasteiger partial charge in [0.05, 0.1) is 19.2 Å². The van der Waals surface area contributed by atoms with Crippen molar-refractivity contribution in [3.8, 4) is 5.75 Å². The summed E-state index contributed by atoms with van der Waals surface area (Å²) in [5.74, 6) is -0.866. The first-order valence-corrected chi connectivity index (χ1v) is 8.85. The number of para-hydroxylation sites is 2. The molecule has 0 bridgehead atoms. The summed E-state index contributed by atoms with van der Waals surface area (Å²) in [5, 5.41) is 5.38. The quantitative estimate of drug-likeness (QED) is 0.682. The van der Waals surface area contributed by atoms with E-state index in [1.165, 1.54) is 7.11 Å². The Balaban J connectivity index is 1.74. The Kier molecular flexibility index (Phi) is 7.56. The van der Waals surface area contributed by atoms with E-state index in [0.29, 0.717) is 17.1 Å². The van der Waals surface area contributed by atoms with Gasteiger partial charge in [0, 0.05) is 12.1 Å². The van der Waals surface area contributed by atoms with Crippen molar-refractivity contribution < 1.29 is 23.9 Å². The van der Waals surface area contributed by atoms with Crippen molar-refractivity contribution in [2.45, 2.75) is 26.7 Å². The third-order valence-corrected chi connectivity index (χ3v) is 4.18. The van der Waals surface area contributed by atoms with Gasteiger partial charge in [-0.05, 0) is 43.2 Å². The summed E-state index contributed by atoms with van der Waals surface area (Å²) in [6.45, 7) is 3.44. The van der Waals surface area contributed by atoms with E-state index in [4.69, 9.17) is 9.47 Å². The average Bonchev–Trinajstić information content (AvgIpc) is 2.68. The van der Waals surface area contributed by atoms with Crippen molar-refractivity contribution in [3.63, 3.8) is 0 Å². The molecule has 148 valence electrons. The van der Waals surface area contributed by atoms with Crippen LogP contribution in [0, 0.1) is 13.8 Å². The summed E-state index contributed by atoms with van der Waals surface area (Å²) in [6.07, 6.45) is -0.187. The summed E-state index contributed by atoms with van der Waals surface area (Å²) >= 11 is 0. The van der Waals surface area contributed by atoms with Gasteiger partial charge in [-0.2, -0.15) is 0 Å². The fourth-order valence-electron chi connectivity index (χ4n) is 2.47. The number of rotatable bonds is 8. The third kappa shape index (κ3) is 6.12. The first-order valence-electron chi connectivity index (χ1n) is 8.85. The number of ether oxygens (including phenoxy) is 2. The maximum absolute atomic E-state index is 12.0. The molecule has 2 aromatic rings. The van der Waals surface area contributed by atoms with Gasteiger partial charge in [0.1, 0.15) is 5.75 Å². The van der Waals surface area contributed by atoms with Gasteiger partial charge in [0.2, 0.25) is 5.91 Å². The Morgan fingerprint density at radius 1 is 0.857 bits per heavy atom. The van der Waals surface area contributed by atoms with Gasteiger partial charge in [-0.25, -0.2) is 0 Å². The molecule has 7 heteroatoms. The smallest absolute Gasteiger partial charge is 0.306 e. The van der Waals surface area contributed by atoms with Gasteiger partial charge in [-0.15, -0.1) is 0 Å². The molecule has 7 nitrogen and oxygen atoms in total. The molecule has 0 heterocycles. The molecule has 2 amide bonds. The fraction of sp³-hybridized carbons (Fsp3) is 0.286. The van der Waals surface area contributed by atoms with Crippen molar-refractivity contribution in [1.29, 1.82) is 0 Å². The lowest BCUT2D eigenvalue weighted by Crippen LogP contribution is -2.22. The average molecular weight is 384 g/mol. The standard InChI is InChI=1S/C21H24N2O5/c1-14-7-6-9-16(15(14)2)22-20(25)13-28-21(26)12-11-19(24)23-17-8-4-5-10-18(17)27-3/h4-10H,11-13H2,1-3H3,(H,22,25)(H,23,24). The lowest BCUT2D eigenvalue weighted by Gasteiger charge is -2.11. The first kappa shape index (κ1) is 21.0. The van der Waals surface area contributed by atoms with Crippen LogP contribution in [0.15, 0.2) is 42.5 Å². The van der Waals surface area contributed by atoms with Crippen LogP contribution < -0.4 is 15.4 Å². The summed E-state index contributed by atoms with van der Waals surface area (Å²) in [5.41, 5.74) is 3.21. The minimum absolute atomic E-state index is 0.0600. The summed E-state index contributed by atoms with van der Waals surface area (Å²) in [6, 6.07) is 12.5. The molecule has 0 fully saturated rings. The SMILES string of the molecule is COc1ccccc1NC(=O)CCC(=O)OCC(=O)Nc1cccc(C)c1C. The van der Waals surface area contributed by atoms with Crippen LogP contribution in [0.3, 0.4) is 0 Å². The van der Waals surface area contributed by atoms with Crippen molar-refractivity contribution in [3.05, 3.63) is 53.6 Å². The highest BCUT2D eigenvalue weighted by molar-refractivity contribution is 5.95. The molecule has 0 aromatic heterocycles. The van der Waals surface area contributed by atoms with Crippen LogP contribution in [0.1, 0.15) is 24.0 Å². The lowest BCUT2D eigenvalue weighted by atomic mass is 10.1. The molecule has 2 rings (SSSR count). The molecule has 0 unspecified atom stereocenters. The number of hydrogen-bond acceptors (Lipinski definition) is 5. The fourth-order valence-corrected chi connectivity index (χ4v) is 2.47. The summed E-state index contributed by atoms with van der Waals surface area (Å²) in [4.78, 5) is 35.7. The lowest BCUT2D eigenvalue weighted by molar-refractivity contribution is -0.147. The van der Waals surface area contributed by atoms with Gasteiger partial charge in [-0.3, -0.25) is 14.4 Å². The van der Waals surface area contributed by atoms with Crippen molar-refractivity contribution in [1.82, 2.24) is 0 Å². The van der Waals surface area contributed by atoms with Crippen LogP contribution >= 0.6 is 0 Å². The molecule has 2 aromatic carbocycles. The molecule has 0 atom stereocenters. The van der Waals surface area contributed by atoms with E-state index >= 15 is 0 Å². The second-order valence-electron chi connectivity index (χ2n) is 6.20. The number of anilines is 2. The van der Waals surface area contributed by atoms with E-state index in [0.717, 1.165) is 11.1 Å². The molecule has 0 saturated carbocycles. The Morgan fingerprint density at radius 3 is 2.29 bits per heavy atom. The Morgan fingerprint density at radius 2 is 1.54 bits per heavy atom. The Labute approximate surface area is 164 Å². The van der Waals surface area contributed by atoms with Gasteiger partial charge >= 0.3 is 5.97 Å². The zero-order valence-corrected chi connectivity index (χ0v) is 16.2. The minimum atomic E-state index is -0.619. The van der Waals surface area contributed by atoms with Crippen LogP contribution in [0.25, 0.3) is 0 Å². The second-order valence-corrected chi connectivity index (χ2v) is 6.20. The number of methoxy groups -OCH3 is 1. The summed E-state index contributed by atoms with van der Waals surface area (Å²) < 4.78 is 10.1. The number of carbonyl (C=O) groups excluding carboxylic acids is 3. The van der Waals surface area contributed by atoms with E-state index < -0.39 is 18.5 Å². The van der Waals surface area contributed by atoms with Gasteiger partial charge < -0.3 is 20.1 Å². The van der Waals surface area contributed by atoms with Crippen LogP contribution in [-0.4, -0.2) is 31.5 Å². The Bertz CT molecular complexity index is 864. The third-order valence-electron chi connectivity index (χ3n) is 4.18. The Hall–Kier alpha value is -3.35. The number of amides is 2. The number of esters is 1. The zero-order valence-electron chi connectivity index (χ0n) is 16.2. The first-order chi connectivity index (χ1) is 13.4. The van der Waals surface area contributed by atoms with E-state index in [-0.39, 0.29) is 18.7 Å². The topological polar surface area (TPSA) is 93.7 Å². The maximum Gasteiger partial charge on any atom is 0.306 e. The summed E-state index contributed by atoms with van der Waals surface area (Å²) in [7, 11) is 1.51. The molecule has 0 saturated heterocycles. The highest BCUT2D eigenvalue weighted by Crippen LogP contribution is 2.23. The molecule has 0 spiro atoms. The maximum atomic E-state index is 12.0. The van der Waals surface area contributed by atoms with Crippen molar-refractivity contribution in [2.24, 2.45) is 0 Å². The molecule has 28 heavy (non-hydrogen) atoms. The highest BCUT2D eigenvalue weighted by atomic mass is 16.5. The van der Waals surface area contributed by atoms with Crippen molar-refractivity contribution >= 4 is 29.2 Å². The number of hydrogen-bond donors (Lipinski definition) is 2. The van der Waals surface area contributed by atoms with Gasteiger partial charge in [0.25, 0.3) is 5.91 Å². The molecule has 0 aliphatic rings. The number of aryl methyl sites for hydroxylation is 1. The zero-order chi connectivity index (χ0) is 20.5. The van der Waals surface area contributed by atoms with Crippen LogP contribution in [-0.2, 0) is 19.1 Å². The van der Waals surface area contributed by atoms with Crippen LogP contribution in [0.5, 0.6) is 5.75 Å². The largest absolute Gasteiger partial charge is 0.495 e. The number of benzene rings is 2. The van der Waals surface area contributed by atoms with Crippen molar-refractivity contribution in [2.75, 3.05) is 24.4 Å². The molecule has 0 radical (unpaired) electrons. The van der Waals surface area contributed by atoms with Gasteiger partial charge in [-0.1, -0.05) is 24.3 Å². The van der Waals surface area contributed by atoms with Crippen LogP contribution in [0.4, 0.5) is 11.4 Å². The minimum Gasteiger partial charge on any atom is -0.495 e.